The molecule has 0 saturated heterocycles. The van der Waals surface area contributed by atoms with Crippen LogP contribution in [-0.2, 0) is 4.79 Å². The summed E-state index contributed by atoms with van der Waals surface area (Å²) in [5, 5.41) is 9.30. The van der Waals surface area contributed by atoms with Crippen LogP contribution in [0.2, 0.25) is 19.1 Å². The Hall–Kier alpha value is 0.287. The maximum Gasteiger partial charge on any atom is 0.320 e. The summed E-state index contributed by atoms with van der Waals surface area (Å²) in [6, 6.07) is -0.102. The zero-order chi connectivity index (χ0) is 9.07. The number of thiol groups is 1. The fourth-order valence-electron chi connectivity index (χ4n) is 0.747. The van der Waals surface area contributed by atoms with Crippen LogP contribution in [0.3, 0.4) is 0 Å². The van der Waals surface area contributed by atoms with Gasteiger partial charge in [0.05, 0.1) is 8.07 Å². The normalized spacial score (nSPS) is 13.3. The molecule has 0 aromatic carbocycles. The van der Waals surface area contributed by atoms with Gasteiger partial charge in [-0.25, -0.2) is 0 Å². The summed E-state index contributed by atoms with van der Waals surface area (Å²) in [4.78, 5) is 10.4. The molecule has 0 aliphatic carbocycles. The van der Waals surface area contributed by atoms with Crippen LogP contribution < -0.4 is 5.73 Å². The molecule has 0 fully saturated rings. The minimum atomic E-state index is -1.44. The van der Waals surface area contributed by atoms with E-state index in [4.69, 9.17) is 10.8 Å². The zero-order valence-electron chi connectivity index (χ0n) is 7.28. The Morgan fingerprint density at radius 2 is 2.08 bits per heavy atom. The largest absolute Gasteiger partial charge is 0.480 e. The van der Waals surface area contributed by atoms with Crippen molar-refractivity contribution in [2.24, 2.45) is 5.73 Å². The molecule has 3 N–H and O–H groups in total. The monoisotopic (exact) mass is 229 g/mol. The van der Waals surface area contributed by atoms with Crippen molar-refractivity contribution in [3.63, 3.8) is 0 Å². The van der Waals surface area contributed by atoms with Gasteiger partial charge in [-0.2, -0.15) is 12.6 Å². The summed E-state index contributed by atoms with van der Waals surface area (Å²) >= 11 is 4.16. The summed E-state index contributed by atoms with van der Waals surface area (Å²) in [6.07, 6.45) is 0. The van der Waals surface area contributed by atoms with Gasteiger partial charge in [0, 0.05) is 0 Å². The molecule has 0 bridgehead atoms. The van der Waals surface area contributed by atoms with Gasteiger partial charge in [-0.3, -0.25) is 4.79 Å². The highest BCUT2D eigenvalue weighted by molar-refractivity contribution is 7.82. The lowest BCUT2D eigenvalue weighted by Crippen LogP contribution is -2.41. The number of nitrogens with two attached hydrogens (primary N) is 1. The van der Waals surface area contributed by atoms with E-state index in [9.17, 15) is 4.79 Å². The molecule has 0 spiro atoms. The van der Waals surface area contributed by atoms with Crippen LogP contribution in [0.4, 0.5) is 0 Å². The van der Waals surface area contributed by atoms with Crippen molar-refractivity contribution in [3.8, 4) is 0 Å². The zero-order valence-corrected chi connectivity index (χ0v) is 9.99. The predicted octanol–water partition coefficient (Wildman–Crippen LogP) is 0.997. The molecule has 6 heteroatoms. The number of rotatable bonds is 4. The van der Waals surface area contributed by atoms with E-state index >= 15 is 0 Å². The molecule has 1 atom stereocenters. The summed E-state index contributed by atoms with van der Waals surface area (Å²) in [7, 11) is -1.44. The summed E-state index contributed by atoms with van der Waals surface area (Å²) in [5.41, 5.74) is 5.38. The van der Waals surface area contributed by atoms with Crippen molar-refractivity contribution in [1.29, 1.82) is 0 Å². The molecule has 74 valence electrons. The van der Waals surface area contributed by atoms with E-state index in [2.05, 4.69) is 25.7 Å². The highest BCUT2D eigenvalue weighted by Gasteiger charge is 2.25. The number of hydrogen-bond donors (Lipinski definition) is 3. The number of carboxylic acid groups (broad SMARTS) is 1. The standard InChI is InChI=1S/C6H15NO2SSi.ClH/c1-11(2,4-10)3-5(7)6(8)9;/h5,10H,3-4,7H2,1-2H3,(H,8,9);1H. The summed E-state index contributed by atoms with van der Waals surface area (Å²) in [6.45, 7) is 4.17. The molecule has 0 aliphatic heterocycles. The van der Waals surface area contributed by atoms with Gasteiger partial charge in [-0.05, 0) is 11.4 Å². The molecule has 0 saturated carbocycles. The first kappa shape index (κ1) is 14.8. The average molecular weight is 230 g/mol. The van der Waals surface area contributed by atoms with Gasteiger partial charge >= 0.3 is 5.97 Å². The summed E-state index contributed by atoms with van der Waals surface area (Å²) < 4.78 is 0. The maximum atomic E-state index is 10.4. The molecule has 0 aromatic heterocycles. The highest BCUT2D eigenvalue weighted by Crippen LogP contribution is 2.12. The van der Waals surface area contributed by atoms with Crippen LogP contribution >= 0.6 is 25.0 Å². The van der Waals surface area contributed by atoms with Gasteiger partial charge in [-0.1, -0.05) is 13.1 Å². The number of carbonyl (C=O) groups is 1. The summed E-state index contributed by atoms with van der Waals surface area (Å²) in [5.74, 6) is -0.910. The van der Waals surface area contributed by atoms with E-state index in [1.54, 1.807) is 0 Å². The van der Waals surface area contributed by atoms with Crippen LogP contribution in [0.15, 0.2) is 0 Å². The van der Waals surface area contributed by atoms with E-state index in [0.29, 0.717) is 6.04 Å². The Balaban J connectivity index is 0. The minimum absolute atomic E-state index is 0. The third-order valence-corrected chi connectivity index (χ3v) is 6.49. The molecule has 3 nitrogen and oxygen atoms in total. The van der Waals surface area contributed by atoms with Crippen LogP contribution in [0, 0.1) is 0 Å². The van der Waals surface area contributed by atoms with Crippen LogP contribution in [0.25, 0.3) is 0 Å². The second kappa shape index (κ2) is 5.85. The number of hydrogen-bond acceptors (Lipinski definition) is 3. The average Bonchev–Trinajstić information content (AvgIpc) is 1.87. The lowest BCUT2D eigenvalue weighted by atomic mass is 10.4. The van der Waals surface area contributed by atoms with Gasteiger partial charge < -0.3 is 10.8 Å². The van der Waals surface area contributed by atoms with Crippen LogP contribution in [0.5, 0.6) is 0 Å². The molecule has 0 aliphatic rings. The lowest BCUT2D eigenvalue weighted by molar-refractivity contribution is -0.138. The van der Waals surface area contributed by atoms with E-state index in [-0.39, 0.29) is 12.4 Å². The lowest BCUT2D eigenvalue weighted by Gasteiger charge is -2.21. The smallest absolute Gasteiger partial charge is 0.320 e. The Bertz CT molecular complexity index is 156. The fraction of sp³-hybridized carbons (Fsp3) is 0.833. The van der Waals surface area contributed by atoms with Crippen molar-refractivity contribution < 1.29 is 9.90 Å². The Morgan fingerprint density at radius 3 is 2.33 bits per heavy atom. The number of aliphatic carboxylic acids is 1. The number of carboxylic acids is 1. The van der Waals surface area contributed by atoms with Gasteiger partial charge in [0.25, 0.3) is 0 Å². The van der Waals surface area contributed by atoms with Crippen molar-refractivity contribution in [3.05, 3.63) is 0 Å². The molecule has 0 radical (unpaired) electrons. The third-order valence-electron chi connectivity index (χ3n) is 1.52. The quantitative estimate of drug-likeness (QED) is 0.498. The van der Waals surface area contributed by atoms with Crippen molar-refractivity contribution in [1.82, 2.24) is 0 Å². The molecule has 0 aromatic rings. The molecule has 0 rings (SSSR count). The second-order valence-corrected chi connectivity index (χ2v) is 9.47. The topological polar surface area (TPSA) is 63.3 Å². The van der Waals surface area contributed by atoms with Crippen molar-refractivity contribution in [2.45, 2.75) is 25.2 Å². The van der Waals surface area contributed by atoms with Gasteiger partial charge in [-0.15, -0.1) is 12.4 Å². The van der Waals surface area contributed by atoms with E-state index in [1.165, 1.54) is 0 Å². The van der Waals surface area contributed by atoms with Crippen LogP contribution in [0.1, 0.15) is 0 Å². The van der Waals surface area contributed by atoms with Crippen molar-refractivity contribution >= 4 is 39.1 Å². The number of halogens is 1. The molecular weight excluding hydrogens is 214 g/mol. The first-order valence-electron chi connectivity index (χ1n) is 3.48. The molecule has 12 heavy (non-hydrogen) atoms. The van der Waals surface area contributed by atoms with Gasteiger partial charge in [0.1, 0.15) is 6.04 Å². The first-order valence-corrected chi connectivity index (χ1v) is 7.53. The Kier molecular flexibility index (Phi) is 7.21. The van der Waals surface area contributed by atoms with E-state index in [0.717, 1.165) is 5.38 Å². The van der Waals surface area contributed by atoms with Gasteiger partial charge in [0.15, 0.2) is 0 Å². The van der Waals surface area contributed by atoms with E-state index in [1.807, 2.05) is 0 Å². The maximum absolute atomic E-state index is 10.4. The Morgan fingerprint density at radius 1 is 1.67 bits per heavy atom. The molecule has 0 heterocycles. The SMILES string of the molecule is C[Si](C)(CS)CC(N)C(=O)O.Cl. The van der Waals surface area contributed by atoms with Crippen LogP contribution in [-0.4, -0.2) is 30.6 Å². The Labute approximate surface area is 85.5 Å². The molecular formula is C6H16ClNO2SSi. The fourth-order valence-corrected chi connectivity index (χ4v) is 2.63. The second-order valence-electron chi connectivity index (χ2n) is 3.47. The van der Waals surface area contributed by atoms with Gasteiger partial charge in [0.2, 0.25) is 0 Å². The highest BCUT2D eigenvalue weighted by atomic mass is 35.5. The minimum Gasteiger partial charge on any atom is -0.480 e. The molecule has 0 amide bonds. The third kappa shape index (κ3) is 5.88. The van der Waals surface area contributed by atoms with Crippen molar-refractivity contribution in [2.75, 3.05) is 5.38 Å². The molecule has 1 unspecified atom stereocenters. The predicted molar refractivity (Wildman–Crippen MR) is 59.0 cm³/mol. The van der Waals surface area contributed by atoms with E-state index < -0.39 is 20.1 Å². The first-order chi connectivity index (χ1) is 4.89.